The summed E-state index contributed by atoms with van der Waals surface area (Å²) < 4.78 is 0. The molecule has 0 unspecified atom stereocenters. The molecule has 1 saturated heterocycles. The van der Waals surface area contributed by atoms with Gasteiger partial charge in [-0.3, -0.25) is 9.59 Å². The van der Waals surface area contributed by atoms with E-state index in [0.717, 1.165) is 15.6 Å². The number of piperazine rings is 1. The van der Waals surface area contributed by atoms with Crippen molar-refractivity contribution in [3.8, 4) is 0 Å². The molecule has 0 atom stereocenters. The standard InChI is InChI=1S/C14H21N3O2S/c1-4-13(18)16-5-7-17(8-6-16)14(19)9-12-10(2)15-11(3)20-12/h4-9H2,1-3H3. The van der Waals surface area contributed by atoms with Crippen molar-refractivity contribution < 1.29 is 9.59 Å². The van der Waals surface area contributed by atoms with E-state index >= 15 is 0 Å². The van der Waals surface area contributed by atoms with Crippen molar-refractivity contribution in [2.24, 2.45) is 0 Å². The average molecular weight is 295 g/mol. The molecule has 1 aromatic heterocycles. The number of carbonyl (C=O) groups is 2. The third-order valence-electron chi connectivity index (χ3n) is 3.60. The van der Waals surface area contributed by atoms with Crippen molar-refractivity contribution in [1.82, 2.24) is 14.8 Å². The number of hydrogen-bond acceptors (Lipinski definition) is 4. The average Bonchev–Trinajstić information content (AvgIpc) is 2.76. The number of carbonyl (C=O) groups excluding carboxylic acids is 2. The third kappa shape index (κ3) is 3.36. The smallest absolute Gasteiger partial charge is 0.228 e. The number of amides is 2. The molecule has 6 heteroatoms. The largest absolute Gasteiger partial charge is 0.339 e. The van der Waals surface area contributed by atoms with Gasteiger partial charge in [0.2, 0.25) is 11.8 Å². The Hall–Kier alpha value is -1.43. The Bertz CT molecular complexity index is 505. The van der Waals surface area contributed by atoms with Crippen LogP contribution in [0.1, 0.15) is 28.9 Å². The molecule has 1 aliphatic rings. The van der Waals surface area contributed by atoms with Gasteiger partial charge in [-0.1, -0.05) is 6.92 Å². The lowest BCUT2D eigenvalue weighted by molar-refractivity contribution is -0.139. The first-order valence-electron chi connectivity index (χ1n) is 6.99. The maximum Gasteiger partial charge on any atom is 0.228 e. The fraction of sp³-hybridized carbons (Fsp3) is 0.643. The number of thiazole rings is 1. The van der Waals surface area contributed by atoms with Crippen LogP contribution in [-0.4, -0.2) is 52.8 Å². The van der Waals surface area contributed by atoms with Gasteiger partial charge in [-0.2, -0.15) is 0 Å². The van der Waals surface area contributed by atoms with E-state index in [9.17, 15) is 9.59 Å². The highest BCUT2D eigenvalue weighted by Gasteiger charge is 2.24. The van der Waals surface area contributed by atoms with Crippen LogP contribution in [0.3, 0.4) is 0 Å². The van der Waals surface area contributed by atoms with E-state index in [4.69, 9.17) is 0 Å². The lowest BCUT2D eigenvalue weighted by atomic mass is 10.2. The Kier molecular flexibility index (Phi) is 4.75. The highest BCUT2D eigenvalue weighted by molar-refractivity contribution is 7.11. The number of rotatable bonds is 3. The summed E-state index contributed by atoms with van der Waals surface area (Å²) in [6.45, 7) is 8.36. The maximum absolute atomic E-state index is 12.3. The minimum atomic E-state index is 0.139. The van der Waals surface area contributed by atoms with Gasteiger partial charge in [0.1, 0.15) is 0 Å². The monoisotopic (exact) mass is 295 g/mol. The van der Waals surface area contributed by atoms with Gasteiger partial charge in [-0.25, -0.2) is 4.98 Å². The van der Waals surface area contributed by atoms with Crippen molar-refractivity contribution in [1.29, 1.82) is 0 Å². The van der Waals surface area contributed by atoms with Crippen molar-refractivity contribution in [3.05, 3.63) is 15.6 Å². The molecular formula is C14H21N3O2S. The first-order valence-corrected chi connectivity index (χ1v) is 7.81. The van der Waals surface area contributed by atoms with Gasteiger partial charge in [-0.05, 0) is 13.8 Å². The quantitative estimate of drug-likeness (QED) is 0.846. The number of aryl methyl sites for hydroxylation is 2. The number of nitrogens with zero attached hydrogens (tertiary/aromatic N) is 3. The zero-order chi connectivity index (χ0) is 14.7. The molecule has 0 bridgehead atoms. The van der Waals surface area contributed by atoms with Crippen molar-refractivity contribution >= 4 is 23.2 Å². The molecule has 1 aromatic rings. The van der Waals surface area contributed by atoms with Crippen molar-refractivity contribution in [2.75, 3.05) is 26.2 Å². The topological polar surface area (TPSA) is 53.5 Å². The lowest BCUT2D eigenvalue weighted by Gasteiger charge is -2.34. The molecule has 0 spiro atoms. The fourth-order valence-corrected chi connectivity index (χ4v) is 3.34. The van der Waals surface area contributed by atoms with Gasteiger partial charge in [-0.15, -0.1) is 11.3 Å². The molecule has 1 fully saturated rings. The molecule has 110 valence electrons. The van der Waals surface area contributed by atoms with Crippen LogP contribution in [0.25, 0.3) is 0 Å². The van der Waals surface area contributed by atoms with Gasteiger partial charge in [0.05, 0.1) is 17.1 Å². The Balaban J connectivity index is 1.89. The summed E-state index contributed by atoms with van der Waals surface area (Å²) in [7, 11) is 0. The molecular weight excluding hydrogens is 274 g/mol. The maximum atomic E-state index is 12.3. The van der Waals surface area contributed by atoms with Crippen LogP contribution in [-0.2, 0) is 16.0 Å². The third-order valence-corrected chi connectivity index (χ3v) is 4.67. The van der Waals surface area contributed by atoms with Crippen LogP contribution in [0.5, 0.6) is 0 Å². The molecule has 20 heavy (non-hydrogen) atoms. The van der Waals surface area contributed by atoms with E-state index in [2.05, 4.69) is 4.98 Å². The van der Waals surface area contributed by atoms with Crippen molar-refractivity contribution in [2.45, 2.75) is 33.6 Å². The summed E-state index contributed by atoms with van der Waals surface area (Å²) in [5.74, 6) is 0.311. The lowest BCUT2D eigenvalue weighted by Crippen LogP contribution is -2.50. The van der Waals surface area contributed by atoms with Gasteiger partial charge in [0, 0.05) is 37.5 Å². The van der Waals surface area contributed by atoms with Gasteiger partial charge in [0.15, 0.2) is 0 Å². The Morgan fingerprint density at radius 1 is 1.10 bits per heavy atom. The number of aromatic nitrogens is 1. The first-order chi connectivity index (χ1) is 9.51. The summed E-state index contributed by atoms with van der Waals surface area (Å²) in [5.41, 5.74) is 0.959. The molecule has 2 heterocycles. The van der Waals surface area contributed by atoms with Gasteiger partial charge >= 0.3 is 0 Å². The summed E-state index contributed by atoms with van der Waals surface area (Å²) in [4.78, 5) is 33.0. The molecule has 5 nitrogen and oxygen atoms in total. The van der Waals surface area contributed by atoms with E-state index in [1.807, 2.05) is 30.6 Å². The minimum Gasteiger partial charge on any atom is -0.339 e. The van der Waals surface area contributed by atoms with Crippen LogP contribution in [0.2, 0.25) is 0 Å². The van der Waals surface area contributed by atoms with E-state index < -0.39 is 0 Å². The molecule has 1 aliphatic heterocycles. The van der Waals surface area contributed by atoms with Crippen LogP contribution >= 0.6 is 11.3 Å². The van der Waals surface area contributed by atoms with Crippen LogP contribution in [0, 0.1) is 13.8 Å². The van der Waals surface area contributed by atoms with Gasteiger partial charge in [0.25, 0.3) is 0 Å². The predicted octanol–water partition coefficient (Wildman–Crippen LogP) is 1.38. The van der Waals surface area contributed by atoms with Crippen molar-refractivity contribution in [3.63, 3.8) is 0 Å². The highest BCUT2D eigenvalue weighted by atomic mass is 32.1. The zero-order valence-corrected chi connectivity index (χ0v) is 13.1. The van der Waals surface area contributed by atoms with Crippen LogP contribution < -0.4 is 0 Å². The first kappa shape index (κ1) is 15.0. The summed E-state index contributed by atoms with van der Waals surface area (Å²) in [6.07, 6.45) is 0.965. The van der Waals surface area contributed by atoms with E-state index in [1.54, 1.807) is 11.3 Å². The van der Waals surface area contributed by atoms with Gasteiger partial charge < -0.3 is 9.80 Å². The van der Waals surface area contributed by atoms with E-state index in [1.165, 1.54) is 0 Å². The summed E-state index contributed by atoms with van der Waals surface area (Å²) >= 11 is 1.59. The Labute approximate surface area is 123 Å². The zero-order valence-electron chi connectivity index (χ0n) is 12.3. The second kappa shape index (κ2) is 6.35. The van der Waals surface area contributed by atoms with E-state index in [-0.39, 0.29) is 11.8 Å². The van der Waals surface area contributed by atoms with Crippen LogP contribution in [0.15, 0.2) is 0 Å². The van der Waals surface area contributed by atoms with E-state index in [0.29, 0.717) is 39.0 Å². The molecule has 2 rings (SSSR count). The van der Waals surface area contributed by atoms with Crippen LogP contribution in [0.4, 0.5) is 0 Å². The normalized spacial score (nSPS) is 15.6. The second-order valence-electron chi connectivity index (χ2n) is 5.03. The Morgan fingerprint density at radius 3 is 2.10 bits per heavy atom. The fourth-order valence-electron chi connectivity index (χ4n) is 2.42. The molecule has 0 aliphatic carbocycles. The molecule has 2 amide bonds. The molecule has 0 aromatic carbocycles. The number of hydrogen-bond donors (Lipinski definition) is 0. The summed E-state index contributed by atoms with van der Waals surface area (Å²) in [6, 6.07) is 0. The predicted molar refractivity (Wildman–Crippen MR) is 78.7 cm³/mol. The Morgan fingerprint density at radius 2 is 1.65 bits per heavy atom. The SMILES string of the molecule is CCC(=O)N1CCN(C(=O)Cc2sc(C)nc2C)CC1. The highest BCUT2D eigenvalue weighted by Crippen LogP contribution is 2.18. The molecule has 0 radical (unpaired) electrons. The minimum absolute atomic E-state index is 0.139. The summed E-state index contributed by atoms with van der Waals surface area (Å²) in [5, 5.41) is 1.00. The second-order valence-corrected chi connectivity index (χ2v) is 6.32. The molecule has 0 saturated carbocycles. The molecule has 0 N–H and O–H groups in total.